The summed E-state index contributed by atoms with van der Waals surface area (Å²) in [4.78, 5) is 58.3. The van der Waals surface area contributed by atoms with Gasteiger partial charge in [0.05, 0.1) is 28.1 Å². The van der Waals surface area contributed by atoms with Crippen LogP contribution in [-0.2, 0) is 25.7 Å². The van der Waals surface area contributed by atoms with Crippen LogP contribution in [-0.4, -0.2) is 68.5 Å². The first-order valence-corrected chi connectivity index (χ1v) is 15.4. The van der Waals surface area contributed by atoms with E-state index in [2.05, 4.69) is 15.6 Å². The maximum Gasteiger partial charge on any atom is 0.306 e. The van der Waals surface area contributed by atoms with Gasteiger partial charge in [0.15, 0.2) is 0 Å². The second-order valence-corrected chi connectivity index (χ2v) is 14.3. The third-order valence-electron chi connectivity index (χ3n) is 9.13. The van der Waals surface area contributed by atoms with Crippen molar-refractivity contribution in [2.45, 2.75) is 84.5 Å². The summed E-state index contributed by atoms with van der Waals surface area (Å²) >= 11 is 1.58. The lowest BCUT2D eigenvalue weighted by molar-refractivity contribution is -0.162. The van der Waals surface area contributed by atoms with Crippen LogP contribution in [0.2, 0.25) is 0 Å². The number of amides is 3. The lowest BCUT2D eigenvalue weighted by atomic mass is 9.48. The van der Waals surface area contributed by atoms with Crippen molar-refractivity contribution in [3.8, 4) is 10.4 Å². The van der Waals surface area contributed by atoms with Crippen molar-refractivity contribution in [2.24, 2.45) is 22.7 Å². The molecule has 3 aliphatic rings. The molecule has 42 heavy (non-hydrogen) atoms. The Kier molecular flexibility index (Phi) is 8.19. The van der Waals surface area contributed by atoms with Crippen LogP contribution in [0.3, 0.4) is 0 Å². The number of thiazole rings is 1. The number of aliphatic hydroxyl groups excluding tert-OH is 1. The summed E-state index contributed by atoms with van der Waals surface area (Å²) in [6.07, 6.45) is 1.76. The molecule has 10 nitrogen and oxygen atoms in total. The quantitative estimate of drug-likeness (QED) is 0.366. The number of carbonyl (C=O) groups excluding carboxylic acids is 3. The fourth-order valence-corrected chi connectivity index (χ4v) is 7.52. The van der Waals surface area contributed by atoms with Crippen LogP contribution in [0.25, 0.3) is 10.4 Å². The number of carboxylic acid groups (broad SMARTS) is 1. The molecule has 2 saturated carbocycles. The molecule has 226 valence electrons. The van der Waals surface area contributed by atoms with Gasteiger partial charge in [-0.3, -0.25) is 19.2 Å². The Morgan fingerprint density at radius 3 is 2.29 bits per heavy atom. The van der Waals surface area contributed by atoms with E-state index in [1.807, 2.05) is 57.5 Å². The minimum absolute atomic E-state index is 0.0192. The van der Waals surface area contributed by atoms with Gasteiger partial charge in [-0.25, -0.2) is 4.98 Å². The molecule has 5 rings (SSSR count). The van der Waals surface area contributed by atoms with Crippen LogP contribution < -0.4 is 10.6 Å². The molecule has 1 aromatic carbocycles. The topological polar surface area (TPSA) is 149 Å². The third kappa shape index (κ3) is 6.08. The van der Waals surface area contributed by atoms with E-state index in [-0.39, 0.29) is 54.5 Å². The number of carbonyl (C=O) groups is 4. The molecule has 1 unspecified atom stereocenters. The van der Waals surface area contributed by atoms with Crippen molar-refractivity contribution in [1.29, 1.82) is 0 Å². The van der Waals surface area contributed by atoms with Crippen molar-refractivity contribution in [3.63, 3.8) is 0 Å². The number of hydrogen-bond donors (Lipinski definition) is 4. The minimum atomic E-state index is -0.877. The number of β-amino-alcohol motifs (C(OH)–C–C–N with tert-alkyl or cyclic N) is 1. The zero-order chi connectivity index (χ0) is 30.4. The van der Waals surface area contributed by atoms with E-state index in [0.29, 0.717) is 25.7 Å². The number of carboxylic acids is 1. The molecule has 0 bridgehead atoms. The standard InChI is InChI=1S/C31H40N4O6S/c1-17-24(42-16-33-17)19-7-5-18(6-8-19)14-32-27(38)23-9-22(36)15-35(23)28(39)25(30(2,3)4)34-26(37)20-10-31(11-20)12-21(13-31)29(40)41/h5-8,16,20-23,25,36H,9-15H2,1-4H3,(H,32,38)(H,34,37)(H,40,41)/t20?,21?,22?,23-,25+,31?/m0/s1. The molecule has 3 fully saturated rings. The molecule has 3 amide bonds. The number of aliphatic hydroxyl groups is 1. The lowest BCUT2D eigenvalue weighted by Crippen LogP contribution is -2.60. The second-order valence-electron chi connectivity index (χ2n) is 13.4. The summed E-state index contributed by atoms with van der Waals surface area (Å²) in [5, 5.41) is 25.5. The molecule has 0 radical (unpaired) electrons. The molecular weight excluding hydrogens is 556 g/mol. The van der Waals surface area contributed by atoms with Crippen LogP contribution in [0.5, 0.6) is 0 Å². The Morgan fingerprint density at radius 1 is 1.07 bits per heavy atom. The van der Waals surface area contributed by atoms with Gasteiger partial charge in [0, 0.05) is 25.4 Å². The predicted octanol–water partition coefficient (Wildman–Crippen LogP) is 3.12. The number of aromatic nitrogens is 1. The summed E-state index contributed by atoms with van der Waals surface area (Å²) in [5.41, 5.74) is 4.06. The van der Waals surface area contributed by atoms with Gasteiger partial charge in [-0.05, 0) is 54.6 Å². The highest BCUT2D eigenvalue weighted by Crippen LogP contribution is 2.61. The SMILES string of the molecule is Cc1ncsc1-c1ccc(CNC(=O)[C@@H]2CC(O)CN2C(=O)[C@@H](NC(=O)C2CC3(CC(C(=O)O)C3)C2)C(C)(C)C)cc1. The van der Waals surface area contributed by atoms with Crippen molar-refractivity contribution in [3.05, 3.63) is 41.0 Å². The minimum Gasteiger partial charge on any atom is -0.481 e. The summed E-state index contributed by atoms with van der Waals surface area (Å²) in [5.74, 6) is -2.31. The predicted molar refractivity (Wildman–Crippen MR) is 157 cm³/mol. The van der Waals surface area contributed by atoms with Gasteiger partial charge in [-0.2, -0.15) is 0 Å². The Labute approximate surface area is 249 Å². The smallest absolute Gasteiger partial charge is 0.306 e. The van der Waals surface area contributed by atoms with Gasteiger partial charge in [-0.1, -0.05) is 45.0 Å². The van der Waals surface area contributed by atoms with Crippen LogP contribution >= 0.6 is 11.3 Å². The maximum atomic E-state index is 13.8. The summed E-state index contributed by atoms with van der Waals surface area (Å²) in [6.45, 7) is 7.85. The molecule has 11 heteroatoms. The molecule has 2 heterocycles. The number of hydrogen-bond acceptors (Lipinski definition) is 7. The normalized spacial score (nSPS) is 27.6. The Hall–Kier alpha value is -3.31. The van der Waals surface area contributed by atoms with E-state index >= 15 is 0 Å². The molecular formula is C31H40N4O6S. The van der Waals surface area contributed by atoms with E-state index in [1.165, 1.54) is 4.90 Å². The number of benzene rings is 1. The maximum absolute atomic E-state index is 13.8. The average Bonchev–Trinajstić information content (AvgIpc) is 3.48. The average molecular weight is 597 g/mol. The van der Waals surface area contributed by atoms with E-state index in [9.17, 15) is 29.4 Å². The van der Waals surface area contributed by atoms with Crippen molar-refractivity contribution in [2.75, 3.05) is 6.54 Å². The molecule has 2 aliphatic carbocycles. The van der Waals surface area contributed by atoms with Crippen molar-refractivity contribution in [1.82, 2.24) is 20.5 Å². The van der Waals surface area contributed by atoms with Crippen LogP contribution in [0, 0.1) is 29.6 Å². The van der Waals surface area contributed by atoms with E-state index in [4.69, 9.17) is 0 Å². The Bertz CT molecular complexity index is 1350. The van der Waals surface area contributed by atoms with Gasteiger partial charge in [0.2, 0.25) is 17.7 Å². The molecule has 1 saturated heterocycles. The van der Waals surface area contributed by atoms with E-state index in [1.54, 1.807) is 11.3 Å². The molecule has 1 spiro atoms. The summed E-state index contributed by atoms with van der Waals surface area (Å²) in [6, 6.07) is 6.16. The first kappa shape index (κ1) is 30.2. The first-order chi connectivity index (χ1) is 19.8. The van der Waals surface area contributed by atoms with Crippen molar-refractivity contribution >= 4 is 35.0 Å². The summed E-state index contributed by atoms with van der Waals surface area (Å²) < 4.78 is 0. The lowest BCUT2D eigenvalue weighted by Gasteiger charge is -2.56. The van der Waals surface area contributed by atoms with Crippen LogP contribution in [0.15, 0.2) is 29.8 Å². The summed E-state index contributed by atoms with van der Waals surface area (Å²) in [7, 11) is 0. The number of likely N-dealkylation sites (tertiary alicyclic amines) is 1. The number of aryl methyl sites for hydroxylation is 1. The first-order valence-electron chi connectivity index (χ1n) is 14.6. The van der Waals surface area contributed by atoms with Gasteiger partial charge in [0.1, 0.15) is 12.1 Å². The van der Waals surface area contributed by atoms with Crippen molar-refractivity contribution < 1.29 is 29.4 Å². The molecule has 2 aromatic rings. The van der Waals surface area contributed by atoms with Gasteiger partial charge in [0.25, 0.3) is 0 Å². The monoisotopic (exact) mass is 596 g/mol. The highest BCUT2D eigenvalue weighted by molar-refractivity contribution is 7.13. The molecule has 3 atom stereocenters. The molecule has 1 aromatic heterocycles. The fourth-order valence-electron chi connectivity index (χ4n) is 6.70. The van der Waals surface area contributed by atoms with Gasteiger partial charge >= 0.3 is 5.97 Å². The number of nitrogens with zero attached hydrogens (tertiary/aromatic N) is 2. The van der Waals surface area contributed by atoms with Gasteiger partial charge in [-0.15, -0.1) is 11.3 Å². The Balaban J connectivity index is 1.19. The third-order valence-corrected chi connectivity index (χ3v) is 10.1. The number of rotatable bonds is 8. The molecule has 1 aliphatic heterocycles. The second kappa shape index (κ2) is 11.4. The van der Waals surface area contributed by atoms with Crippen LogP contribution in [0.1, 0.15) is 64.1 Å². The zero-order valence-electron chi connectivity index (χ0n) is 24.6. The largest absolute Gasteiger partial charge is 0.481 e. The van der Waals surface area contributed by atoms with Crippen LogP contribution in [0.4, 0.5) is 0 Å². The number of nitrogens with one attached hydrogen (secondary N) is 2. The molecule has 4 N–H and O–H groups in total. The highest BCUT2D eigenvalue weighted by atomic mass is 32.1. The fraction of sp³-hybridized carbons (Fsp3) is 0.581. The highest BCUT2D eigenvalue weighted by Gasteiger charge is 2.57. The zero-order valence-corrected chi connectivity index (χ0v) is 25.4. The van der Waals surface area contributed by atoms with E-state index in [0.717, 1.165) is 21.7 Å². The number of aliphatic carboxylic acids is 1. The van der Waals surface area contributed by atoms with Gasteiger partial charge < -0.3 is 25.7 Å². The van der Waals surface area contributed by atoms with E-state index < -0.39 is 29.6 Å². The Morgan fingerprint density at radius 2 is 1.71 bits per heavy atom.